The van der Waals surface area contributed by atoms with Gasteiger partial charge in [-0.25, -0.2) is 4.79 Å². The minimum absolute atomic E-state index is 0.0264. The summed E-state index contributed by atoms with van der Waals surface area (Å²) >= 11 is 0. The van der Waals surface area contributed by atoms with Crippen molar-refractivity contribution in [2.45, 2.75) is 59.2 Å². The number of ether oxygens (including phenoxy) is 3. The van der Waals surface area contributed by atoms with Crippen LogP contribution in [0.3, 0.4) is 0 Å². The molecule has 0 aromatic heterocycles. The second kappa shape index (κ2) is 9.82. The van der Waals surface area contributed by atoms with Crippen molar-refractivity contribution in [1.82, 2.24) is 0 Å². The molecular formula is C25H32O4. The van der Waals surface area contributed by atoms with Crippen LogP contribution in [0.5, 0.6) is 11.5 Å². The molecule has 2 aromatic rings. The lowest BCUT2D eigenvalue weighted by Gasteiger charge is -2.36. The van der Waals surface area contributed by atoms with Crippen LogP contribution in [0.2, 0.25) is 0 Å². The molecule has 0 aliphatic heterocycles. The lowest BCUT2D eigenvalue weighted by Crippen LogP contribution is -2.31. The summed E-state index contributed by atoms with van der Waals surface area (Å²) < 4.78 is 16.9. The molecule has 0 unspecified atom stereocenters. The first kappa shape index (κ1) is 21.2. The first-order valence-electron chi connectivity index (χ1n) is 10.5. The van der Waals surface area contributed by atoms with Crippen molar-refractivity contribution in [3.8, 4) is 11.5 Å². The Labute approximate surface area is 174 Å². The zero-order valence-electron chi connectivity index (χ0n) is 17.7. The number of hydrogen-bond acceptors (Lipinski definition) is 4. The molecule has 0 heterocycles. The lowest BCUT2D eigenvalue weighted by molar-refractivity contribution is -0.153. The minimum atomic E-state index is -0.298. The standard InChI is InChI=1S/C25H32O4/c1-25(2,3)20-9-11-23(12-10-20)29-24(26)18-28-22-15-13-21(14-16-22)27-17-19-7-5-4-6-8-19/h4-8,13-16,20,23H,9-12,17-18H2,1-3H3. The highest BCUT2D eigenvalue weighted by atomic mass is 16.6. The molecule has 3 rings (SSSR count). The SMILES string of the molecule is CC(C)(C)C1CCC(OC(=O)COc2ccc(OCc3ccccc3)cc2)CC1. The maximum Gasteiger partial charge on any atom is 0.344 e. The largest absolute Gasteiger partial charge is 0.489 e. The van der Waals surface area contributed by atoms with E-state index in [1.807, 2.05) is 54.6 Å². The monoisotopic (exact) mass is 396 g/mol. The first-order chi connectivity index (χ1) is 13.9. The van der Waals surface area contributed by atoms with Gasteiger partial charge in [0.05, 0.1) is 0 Å². The zero-order valence-corrected chi connectivity index (χ0v) is 17.7. The van der Waals surface area contributed by atoms with Crippen LogP contribution in [0.15, 0.2) is 54.6 Å². The number of hydrogen-bond donors (Lipinski definition) is 0. The van der Waals surface area contributed by atoms with Gasteiger partial charge >= 0.3 is 5.97 Å². The van der Waals surface area contributed by atoms with Gasteiger partial charge in [0.25, 0.3) is 0 Å². The fourth-order valence-electron chi connectivity index (χ4n) is 3.78. The molecule has 1 aliphatic carbocycles. The fourth-order valence-corrected chi connectivity index (χ4v) is 3.78. The van der Waals surface area contributed by atoms with Crippen molar-refractivity contribution >= 4 is 5.97 Å². The third-order valence-electron chi connectivity index (χ3n) is 5.63. The van der Waals surface area contributed by atoms with E-state index < -0.39 is 0 Å². The van der Waals surface area contributed by atoms with Crippen molar-refractivity contribution in [2.24, 2.45) is 11.3 Å². The second-order valence-corrected chi connectivity index (χ2v) is 8.86. The summed E-state index contributed by atoms with van der Waals surface area (Å²) in [7, 11) is 0. The molecule has 0 radical (unpaired) electrons. The quantitative estimate of drug-likeness (QED) is 0.556. The Morgan fingerprint density at radius 2 is 1.45 bits per heavy atom. The predicted octanol–water partition coefficient (Wildman–Crippen LogP) is 5.79. The molecule has 0 atom stereocenters. The topological polar surface area (TPSA) is 44.8 Å². The van der Waals surface area contributed by atoms with Gasteiger partial charge < -0.3 is 14.2 Å². The third kappa shape index (κ3) is 6.81. The molecular weight excluding hydrogens is 364 g/mol. The van der Waals surface area contributed by atoms with Crippen LogP contribution in [-0.2, 0) is 16.1 Å². The minimum Gasteiger partial charge on any atom is -0.489 e. The Balaban J connectivity index is 1.37. The van der Waals surface area contributed by atoms with Gasteiger partial charge in [0.1, 0.15) is 24.2 Å². The van der Waals surface area contributed by atoms with Gasteiger partial charge in [-0.1, -0.05) is 51.1 Å². The van der Waals surface area contributed by atoms with E-state index in [4.69, 9.17) is 14.2 Å². The summed E-state index contributed by atoms with van der Waals surface area (Å²) in [6.07, 6.45) is 4.15. The van der Waals surface area contributed by atoms with Crippen molar-refractivity contribution in [1.29, 1.82) is 0 Å². The summed E-state index contributed by atoms with van der Waals surface area (Å²) in [5.41, 5.74) is 1.45. The van der Waals surface area contributed by atoms with Crippen molar-refractivity contribution in [3.05, 3.63) is 60.2 Å². The molecule has 1 saturated carbocycles. The zero-order chi connectivity index (χ0) is 20.7. The number of rotatable bonds is 7. The van der Waals surface area contributed by atoms with Crippen LogP contribution in [0.25, 0.3) is 0 Å². The highest BCUT2D eigenvalue weighted by molar-refractivity contribution is 5.71. The number of benzene rings is 2. The summed E-state index contributed by atoms with van der Waals surface area (Å²) in [5.74, 6) is 1.80. The van der Waals surface area contributed by atoms with E-state index in [2.05, 4.69) is 20.8 Å². The molecule has 1 fully saturated rings. The van der Waals surface area contributed by atoms with Crippen molar-refractivity contribution in [3.63, 3.8) is 0 Å². The van der Waals surface area contributed by atoms with Gasteiger partial charge in [0.15, 0.2) is 6.61 Å². The van der Waals surface area contributed by atoms with Gasteiger partial charge in [-0.2, -0.15) is 0 Å². The number of esters is 1. The maximum absolute atomic E-state index is 12.1. The van der Waals surface area contributed by atoms with E-state index in [0.29, 0.717) is 23.7 Å². The summed E-state index contributed by atoms with van der Waals surface area (Å²) in [4.78, 5) is 12.1. The molecule has 4 heteroatoms. The fraction of sp³-hybridized carbons (Fsp3) is 0.480. The van der Waals surface area contributed by atoms with Crippen molar-refractivity contribution in [2.75, 3.05) is 6.61 Å². The molecule has 156 valence electrons. The van der Waals surface area contributed by atoms with Crippen LogP contribution in [0.4, 0.5) is 0 Å². The number of carbonyl (C=O) groups excluding carboxylic acids is 1. The summed E-state index contributed by atoms with van der Waals surface area (Å²) in [6, 6.07) is 17.3. The average Bonchev–Trinajstić information content (AvgIpc) is 2.72. The predicted molar refractivity (Wildman–Crippen MR) is 114 cm³/mol. The summed E-state index contributed by atoms with van der Waals surface area (Å²) in [5, 5.41) is 0. The summed E-state index contributed by atoms with van der Waals surface area (Å²) in [6.45, 7) is 7.32. The smallest absolute Gasteiger partial charge is 0.344 e. The van der Waals surface area contributed by atoms with Gasteiger partial charge in [-0.05, 0) is 66.8 Å². The van der Waals surface area contributed by atoms with Gasteiger partial charge in [-0.15, -0.1) is 0 Å². The van der Waals surface area contributed by atoms with Gasteiger partial charge in [0, 0.05) is 0 Å². The Morgan fingerprint density at radius 3 is 2.03 bits per heavy atom. The Bertz CT molecular complexity index is 754. The molecule has 0 N–H and O–H groups in total. The van der Waals surface area contributed by atoms with Gasteiger partial charge in [-0.3, -0.25) is 0 Å². The molecule has 1 aliphatic rings. The van der Waals surface area contributed by atoms with Crippen LogP contribution in [-0.4, -0.2) is 18.7 Å². The lowest BCUT2D eigenvalue weighted by atomic mass is 9.72. The van der Waals surface area contributed by atoms with E-state index in [1.54, 1.807) is 0 Å². The van der Waals surface area contributed by atoms with Crippen LogP contribution in [0.1, 0.15) is 52.0 Å². The van der Waals surface area contributed by atoms with Crippen LogP contribution in [0, 0.1) is 11.3 Å². The molecule has 0 spiro atoms. The average molecular weight is 397 g/mol. The normalized spacial score (nSPS) is 19.4. The molecule has 29 heavy (non-hydrogen) atoms. The Hall–Kier alpha value is -2.49. The van der Waals surface area contributed by atoms with E-state index >= 15 is 0 Å². The highest BCUT2D eigenvalue weighted by Gasteiger charge is 2.31. The molecule has 0 bridgehead atoms. The number of carbonyl (C=O) groups is 1. The van der Waals surface area contributed by atoms with Crippen LogP contribution >= 0.6 is 0 Å². The molecule has 0 amide bonds. The van der Waals surface area contributed by atoms with Gasteiger partial charge in [0.2, 0.25) is 0 Å². The second-order valence-electron chi connectivity index (χ2n) is 8.86. The first-order valence-corrected chi connectivity index (χ1v) is 10.5. The Kier molecular flexibility index (Phi) is 7.18. The molecule has 2 aromatic carbocycles. The van der Waals surface area contributed by atoms with E-state index in [1.165, 1.54) is 0 Å². The van der Waals surface area contributed by atoms with Crippen molar-refractivity contribution < 1.29 is 19.0 Å². The molecule has 4 nitrogen and oxygen atoms in total. The highest BCUT2D eigenvalue weighted by Crippen LogP contribution is 2.38. The van der Waals surface area contributed by atoms with E-state index in [9.17, 15) is 4.79 Å². The third-order valence-corrected chi connectivity index (χ3v) is 5.63. The van der Waals surface area contributed by atoms with E-state index in [0.717, 1.165) is 37.0 Å². The Morgan fingerprint density at radius 1 is 0.862 bits per heavy atom. The maximum atomic E-state index is 12.1. The van der Waals surface area contributed by atoms with E-state index in [-0.39, 0.29) is 18.7 Å². The van der Waals surface area contributed by atoms with Crippen LogP contribution < -0.4 is 9.47 Å². The molecule has 0 saturated heterocycles.